The Balaban J connectivity index is 1.74. The molecule has 0 bridgehead atoms. The summed E-state index contributed by atoms with van der Waals surface area (Å²) >= 11 is 11.8. The molecule has 1 saturated heterocycles. The molecule has 3 rings (SSSR count). The minimum absolute atomic E-state index is 0.310. The molecule has 1 N–H and O–H groups in total. The molecule has 1 aromatic heterocycles. The molecule has 0 atom stereocenters. The van der Waals surface area contributed by atoms with E-state index in [0.29, 0.717) is 34.6 Å². The van der Waals surface area contributed by atoms with Crippen molar-refractivity contribution in [3.63, 3.8) is 0 Å². The molecular formula is C15H14Cl2N4O2. The standard InChI is InChI=1S/C15H14Cl2N4O2/c16-11-2-1-10(7-12(11)17)15(22)20-13-8-14(19-9-18-13)21-3-5-23-6-4-21/h1-2,7-9H,3-6H2,(H,18,19,20,22). The summed E-state index contributed by atoms with van der Waals surface area (Å²) < 4.78 is 5.32. The van der Waals surface area contributed by atoms with Crippen LogP contribution in [-0.2, 0) is 4.74 Å². The molecule has 6 nitrogen and oxygen atoms in total. The average molecular weight is 353 g/mol. The molecule has 2 aromatic rings. The SMILES string of the molecule is O=C(Nc1cc(N2CCOCC2)ncn1)c1ccc(Cl)c(Cl)c1. The van der Waals surface area contributed by atoms with Crippen LogP contribution >= 0.6 is 23.2 Å². The van der Waals surface area contributed by atoms with Crippen molar-refractivity contribution in [2.75, 3.05) is 36.5 Å². The topological polar surface area (TPSA) is 67.4 Å². The maximum Gasteiger partial charge on any atom is 0.256 e. The first kappa shape index (κ1) is 16.0. The van der Waals surface area contributed by atoms with Crippen LogP contribution in [0.1, 0.15) is 10.4 Å². The minimum Gasteiger partial charge on any atom is -0.378 e. The van der Waals surface area contributed by atoms with E-state index < -0.39 is 0 Å². The third-order valence-electron chi connectivity index (χ3n) is 3.41. The molecule has 0 aliphatic carbocycles. The molecule has 1 amide bonds. The van der Waals surface area contributed by atoms with Gasteiger partial charge in [0.1, 0.15) is 18.0 Å². The second-order valence-electron chi connectivity index (χ2n) is 4.94. The predicted molar refractivity (Wildman–Crippen MR) is 89.5 cm³/mol. The van der Waals surface area contributed by atoms with Gasteiger partial charge in [-0.15, -0.1) is 0 Å². The molecule has 0 spiro atoms. The van der Waals surface area contributed by atoms with E-state index in [1.807, 2.05) is 0 Å². The monoisotopic (exact) mass is 352 g/mol. The van der Waals surface area contributed by atoms with E-state index in [2.05, 4.69) is 20.2 Å². The van der Waals surface area contributed by atoms with Crippen molar-refractivity contribution >= 4 is 40.7 Å². The number of aromatic nitrogens is 2. The highest BCUT2D eigenvalue weighted by molar-refractivity contribution is 6.42. The number of carbonyl (C=O) groups is 1. The Labute approximate surface area is 143 Å². The van der Waals surface area contributed by atoms with E-state index in [1.54, 1.807) is 18.2 Å². The van der Waals surface area contributed by atoms with Crippen molar-refractivity contribution in [1.82, 2.24) is 9.97 Å². The Bertz CT molecular complexity index is 720. The second kappa shape index (κ2) is 7.12. The maximum absolute atomic E-state index is 12.3. The Morgan fingerprint density at radius 1 is 1.13 bits per heavy atom. The molecule has 0 saturated carbocycles. The minimum atomic E-state index is -0.310. The van der Waals surface area contributed by atoms with E-state index in [4.69, 9.17) is 27.9 Å². The quantitative estimate of drug-likeness (QED) is 0.919. The molecule has 0 unspecified atom stereocenters. The lowest BCUT2D eigenvalue weighted by Crippen LogP contribution is -2.36. The Morgan fingerprint density at radius 2 is 1.91 bits per heavy atom. The molecule has 1 aliphatic rings. The van der Waals surface area contributed by atoms with Crippen LogP contribution in [0.15, 0.2) is 30.6 Å². The number of hydrogen-bond acceptors (Lipinski definition) is 5. The summed E-state index contributed by atoms with van der Waals surface area (Å²) in [5.41, 5.74) is 0.408. The molecule has 0 radical (unpaired) electrons. The van der Waals surface area contributed by atoms with E-state index in [1.165, 1.54) is 12.4 Å². The molecule has 1 aromatic carbocycles. The van der Waals surface area contributed by atoms with E-state index in [0.717, 1.165) is 18.9 Å². The second-order valence-corrected chi connectivity index (χ2v) is 5.76. The van der Waals surface area contributed by atoms with Gasteiger partial charge in [-0.2, -0.15) is 0 Å². The Morgan fingerprint density at radius 3 is 2.65 bits per heavy atom. The van der Waals surface area contributed by atoms with Gasteiger partial charge in [0.25, 0.3) is 5.91 Å². The highest BCUT2D eigenvalue weighted by atomic mass is 35.5. The van der Waals surface area contributed by atoms with E-state index in [9.17, 15) is 4.79 Å². The smallest absolute Gasteiger partial charge is 0.256 e. The number of anilines is 2. The van der Waals surface area contributed by atoms with Gasteiger partial charge in [0.15, 0.2) is 0 Å². The third-order valence-corrected chi connectivity index (χ3v) is 4.15. The maximum atomic E-state index is 12.3. The molecule has 1 aliphatic heterocycles. The normalized spacial score (nSPS) is 14.6. The van der Waals surface area contributed by atoms with Gasteiger partial charge in [0.2, 0.25) is 0 Å². The van der Waals surface area contributed by atoms with Gasteiger partial charge in [-0.1, -0.05) is 23.2 Å². The van der Waals surface area contributed by atoms with Crippen molar-refractivity contribution in [3.8, 4) is 0 Å². The highest BCUT2D eigenvalue weighted by Crippen LogP contribution is 2.23. The third kappa shape index (κ3) is 3.90. The van der Waals surface area contributed by atoms with Crippen molar-refractivity contribution < 1.29 is 9.53 Å². The molecule has 1 fully saturated rings. The first-order valence-electron chi connectivity index (χ1n) is 7.04. The van der Waals surface area contributed by atoms with E-state index >= 15 is 0 Å². The van der Waals surface area contributed by atoms with Crippen molar-refractivity contribution in [2.45, 2.75) is 0 Å². The van der Waals surface area contributed by atoms with Crippen molar-refractivity contribution in [3.05, 3.63) is 46.2 Å². The van der Waals surface area contributed by atoms with Crippen LogP contribution in [0.3, 0.4) is 0 Å². The van der Waals surface area contributed by atoms with Gasteiger partial charge in [-0.3, -0.25) is 4.79 Å². The summed E-state index contributed by atoms with van der Waals surface area (Å²) in [5, 5.41) is 3.47. The van der Waals surface area contributed by atoms with Gasteiger partial charge in [-0.25, -0.2) is 9.97 Å². The Kier molecular flexibility index (Phi) is 4.95. The van der Waals surface area contributed by atoms with Gasteiger partial charge < -0.3 is 15.0 Å². The van der Waals surface area contributed by atoms with Gasteiger partial charge in [0.05, 0.1) is 23.3 Å². The number of morpholine rings is 1. The summed E-state index contributed by atoms with van der Waals surface area (Å²) in [6.45, 7) is 2.85. The van der Waals surface area contributed by atoms with Gasteiger partial charge in [0, 0.05) is 24.7 Å². The zero-order valence-electron chi connectivity index (χ0n) is 12.1. The van der Waals surface area contributed by atoms with Crippen LogP contribution in [0.4, 0.5) is 11.6 Å². The lowest BCUT2D eigenvalue weighted by molar-refractivity contribution is 0.102. The summed E-state index contributed by atoms with van der Waals surface area (Å²) in [7, 11) is 0. The van der Waals surface area contributed by atoms with E-state index in [-0.39, 0.29) is 5.91 Å². The number of benzene rings is 1. The number of carbonyl (C=O) groups excluding carboxylic acids is 1. The first-order valence-corrected chi connectivity index (χ1v) is 7.80. The number of nitrogens with one attached hydrogen (secondary N) is 1. The van der Waals surface area contributed by atoms with Crippen LogP contribution in [-0.4, -0.2) is 42.2 Å². The van der Waals surface area contributed by atoms with Crippen LogP contribution < -0.4 is 10.2 Å². The molecule has 23 heavy (non-hydrogen) atoms. The summed E-state index contributed by atoms with van der Waals surface area (Å²) in [5.74, 6) is 0.875. The fraction of sp³-hybridized carbons (Fsp3) is 0.267. The highest BCUT2D eigenvalue weighted by Gasteiger charge is 2.14. The zero-order valence-corrected chi connectivity index (χ0v) is 13.6. The number of amides is 1. The number of halogens is 2. The van der Waals surface area contributed by atoms with Crippen LogP contribution in [0.5, 0.6) is 0 Å². The van der Waals surface area contributed by atoms with Gasteiger partial charge >= 0.3 is 0 Å². The Hall–Kier alpha value is -1.89. The molecule has 120 valence electrons. The average Bonchev–Trinajstić information content (AvgIpc) is 2.58. The van der Waals surface area contributed by atoms with Crippen molar-refractivity contribution in [2.24, 2.45) is 0 Å². The van der Waals surface area contributed by atoms with Crippen LogP contribution in [0, 0.1) is 0 Å². The lowest BCUT2D eigenvalue weighted by atomic mass is 10.2. The largest absolute Gasteiger partial charge is 0.378 e. The number of hydrogen-bond donors (Lipinski definition) is 1. The number of ether oxygens (including phenoxy) is 1. The first-order chi connectivity index (χ1) is 11.1. The summed E-state index contributed by atoms with van der Waals surface area (Å²) in [6, 6.07) is 6.44. The van der Waals surface area contributed by atoms with Crippen LogP contribution in [0.2, 0.25) is 10.0 Å². The zero-order chi connectivity index (χ0) is 16.2. The molecule has 2 heterocycles. The summed E-state index contributed by atoms with van der Waals surface area (Å²) in [6.07, 6.45) is 1.43. The lowest BCUT2D eigenvalue weighted by Gasteiger charge is -2.27. The number of nitrogens with zero attached hydrogens (tertiary/aromatic N) is 3. The predicted octanol–water partition coefficient (Wildman–Crippen LogP) is 2.87. The fourth-order valence-corrected chi connectivity index (χ4v) is 2.50. The molecular weight excluding hydrogens is 339 g/mol. The van der Waals surface area contributed by atoms with Gasteiger partial charge in [-0.05, 0) is 18.2 Å². The van der Waals surface area contributed by atoms with Crippen LogP contribution in [0.25, 0.3) is 0 Å². The molecule has 8 heteroatoms. The number of rotatable bonds is 3. The van der Waals surface area contributed by atoms with Crippen molar-refractivity contribution in [1.29, 1.82) is 0 Å². The fourth-order valence-electron chi connectivity index (χ4n) is 2.21. The summed E-state index contributed by atoms with van der Waals surface area (Å²) in [4.78, 5) is 22.7.